The van der Waals surface area contributed by atoms with Gasteiger partial charge in [0.25, 0.3) is 0 Å². The minimum absolute atomic E-state index is 0.0205. The molecule has 2 unspecified atom stereocenters. The largest absolute Gasteiger partial charge is 0.478 e. The molecule has 4 rings (SSSR count). The van der Waals surface area contributed by atoms with Crippen molar-refractivity contribution in [1.82, 2.24) is 10.3 Å². The van der Waals surface area contributed by atoms with Gasteiger partial charge in [-0.3, -0.25) is 5.32 Å². The Bertz CT molecular complexity index is 989. The van der Waals surface area contributed by atoms with E-state index in [0.29, 0.717) is 11.7 Å². The van der Waals surface area contributed by atoms with Gasteiger partial charge in [-0.05, 0) is 69.4 Å². The van der Waals surface area contributed by atoms with Gasteiger partial charge >= 0.3 is 5.97 Å². The first-order valence-electron chi connectivity index (χ1n) is 9.97. The fraction of sp³-hybridized carbons (Fsp3) is 0.391. The number of ether oxygens (including phenoxy) is 1. The summed E-state index contributed by atoms with van der Waals surface area (Å²) in [7, 11) is 0. The summed E-state index contributed by atoms with van der Waals surface area (Å²) < 4.78 is 11.7. The molecule has 3 aromatic rings. The number of aliphatic carboxylic acids is 1. The molecule has 1 aromatic heterocycles. The van der Waals surface area contributed by atoms with Gasteiger partial charge in [-0.25, -0.2) is 9.78 Å². The minimum Gasteiger partial charge on any atom is -0.478 e. The maximum Gasteiger partial charge on any atom is 0.347 e. The quantitative estimate of drug-likeness (QED) is 0.567. The first-order valence-corrected chi connectivity index (χ1v) is 9.97. The third kappa shape index (κ3) is 4.27. The van der Waals surface area contributed by atoms with E-state index in [1.54, 1.807) is 19.9 Å². The molecule has 0 spiro atoms. The third-order valence-corrected chi connectivity index (χ3v) is 5.35. The fourth-order valence-electron chi connectivity index (χ4n) is 3.41. The highest BCUT2D eigenvalue weighted by Gasteiger charge is 2.36. The molecule has 6 nitrogen and oxygen atoms in total. The highest BCUT2D eigenvalue weighted by Crippen LogP contribution is 2.42. The summed E-state index contributed by atoms with van der Waals surface area (Å²) >= 11 is 0. The van der Waals surface area contributed by atoms with Crippen molar-refractivity contribution >= 4 is 17.1 Å². The van der Waals surface area contributed by atoms with Crippen LogP contribution >= 0.6 is 0 Å². The van der Waals surface area contributed by atoms with Crippen LogP contribution in [0.5, 0.6) is 5.75 Å². The Hall–Kier alpha value is -2.86. The van der Waals surface area contributed by atoms with Crippen molar-refractivity contribution < 1.29 is 19.1 Å². The van der Waals surface area contributed by atoms with E-state index >= 15 is 0 Å². The van der Waals surface area contributed by atoms with Gasteiger partial charge in [0.2, 0.25) is 5.89 Å². The summed E-state index contributed by atoms with van der Waals surface area (Å²) in [6.07, 6.45) is 2.30. The second kappa shape index (κ2) is 7.52. The van der Waals surface area contributed by atoms with Crippen molar-refractivity contribution in [2.45, 2.75) is 51.3 Å². The zero-order valence-electron chi connectivity index (χ0n) is 16.9. The van der Waals surface area contributed by atoms with E-state index in [4.69, 9.17) is 9.15 Å². The zero-order chi connectivity index (χ0) is 20.6. The van der Waals surface area contributed by atoms with Gasteiger partial charge in [0, 0.05) is 6.04 Å². The Morgan fingerprint density at radius 2 is 2.00 bits per heavy atom. The van der Waals surface area contributed by atoms with Gasteiger partial charge in [0.05, 0.1) is 6.04 Å². The molecule has 1 aliphatic carbocycles. The van der Waals surface area contributed by atoms with Crippen LogP contribution in [0.1, 0.15) is 57.2 Å². The van der Waals surface area contributed by atoms with Crippen LogP contribution in [0, 0.1) is 5.92 Å². The summed E-state index contributed by atoms with van der Waals surface area (Å²) in [5.74, 6) is 0.767. The predicted molar refractivity (Wildman–Crippen MR) is 110 cm³/mol. The Morgan fingerprint density at radius 1 is 1.24 bits per heavy atom. The van der Waals surface area contributed by atoms with Gasteiger partial charge in [0.1, 0.15) is 11.3 Å². The molecule has 2 atom stereocenters. The number of nitrogens with zero attached hydrogens (tertiary/aromatic N) is 1. The number of oxazole rings is 1. The van der Waals surface area contributed by atoms with E-state index in [1.807, 2.05) is 42.5 Å². The second-order valence-corrected chi connectivity index (χ2v) is 8.21. The van der Waals surface area contributed by atoms with Crippen LogP contribution in [-0.2, 0) is 4.79 Å². The van der Waals surface area contributed by atoms with E-state index in [0.717, 1.165) is 35.4 Å². The molecule has 0 saturated heterocycles. The van der Waals surface area contributed by atoms with Crippen LogP contribution in [0.2, 0.25) is 0 Å². The number of nitrogens with one attached hydrogen (secondary N) is 1. The molecule has 0 aliphatic heterocycles. The Morgan fingerprint density at radius 3 is 2.69 bits per heavy atom. The van der Waals surface area contributed by atoms with Gasteiger partial charge in [-0.15, -0.1) is 0 Å². The van der Waals surface area contributed by atoms with Gasteiger partial charge in [0.15, 0.2) is 11.2 Å². The fourth-order valence-corrected chi connectivity index (χ4v) is 3.41. The molecule has 1 heterocycles. The van der Waals surface area contributed by atoms with Gasteiger partial charge < -0.3 is 14.3 Å². The lowest BCUT2D eigenvalue weighted by Crippen LogP contribution is -2.37. The van der Waals surface area contributed by atoms with Crippen molar-refractivity contribution in [2.75, 3.05) is 0 Å². The first kappa shape index (κ1) is 19.5. The van der Waals surface area contributed by atoms with Crippen LogP contribution in [0.3, 0.4) is 0 Å². The van der Waals surface area contributed by atoms with Crippen LogP contribution in [0.4, 0.5) is 0 Å². The van der Waals surface area contributed by atoms with Crippen molar-refractivity contribution in [3.05, 3.63) is 60.0 Å². The number of hydrogen-bond donors (Lipinski definition) is 2. The van der Waals surface area contributed by atoms with Crippen LogP contribution in [0.15, 0.2) is 52.9 Å². The van der Waals surface area contributed by atoms with Crippen LogP contribution in [-0.4, -0.2) is 21.7 Å². The van der Waals surface area contributed by atoms with E-state index in [2.05, 4.69) is 17.2 Å². The molecule has 152 valence electrons. The molecule has 1 aliphatic rings. The molecule has 0 amide bonds. The lowest BCUT2D eigenvalue weighted by molar-refractivity contribution is -0.152. The van der Waals surface area contributed by atoms with Crippen molar-refractivity contribution in [1.29, 1.82) is 0 Å². The number of carboxylic acids is 1. The van der Waals surface area contributed by atoms with Crippen LogP contribution in [0.25, 0.3) is 11.1 Å². The highest BCUT2D eigenvalue weighted by atomic mass is 16.5. The predicted octanol–water partition coefficient (Wildman–Crippen LogP) is 4.87. The second-order valence-electron chi connectivity index (χ2n) is 8.21. The summed E-state index contributed by atoms with van der Waals surface area (Å²) in [5.41, 5.74) is 1.40. The number of rotatable bonds is 8. The molecule has 2 aromatic carbocycles. The molecule has 2 N–H and O–H groups in total. The van der Waals surface area contributed by atoms with E-state index in [1.165, 1.54) is 0 Å². The molecule has 0 bridgehead atoms. The average Bonchev–Trinajstić information content (AvgIpc) is 3.43. The standard InChI is InChI=1S/C23H26N2O4/c1-14(16-7-6-8-17(13-16)29-23(2,3)22(26)27)24-20(15-11-12-15)21-25-18-9-4-5-10-19(18)28-21/h4-10,13-15,20,24H,11-12H2,1-3H3,(H,26,27). The number of para-hydroxylation sites is 2. The molecule has 1 fully saturated rings. The summed E-state index contributed by atoms with van der Waals surface area (Å²) in [5, 5.41) is 13.0. The summed E-state index contributed by atoms with van der Waals surface area (Å²) in [4.78, 5) is 16.0. The van der Waals surface area contributed by atoms with Gasteiger partial charge in [-0.2, -0.15) is 0 Å². The molecule has 1 saturated carbocycles. The monoisotopic (exact) mass is 394 g/mol. The van der Waals surface area contributed by atoms with E-state index in [9.17, 15) is 9.90 Å². The third-order valence-electron chi connectivity index (χ3n) is 5.35. The SMILES string of the molecule is CC(NC(c1nc2ccccc2o1)C1CC1)c1cccc(OC(C)(C)C(=O)O)c1. The number of carbonyl (C=O) groups is 1. The lowest BCUT2D eigenvalue weighted by Gasteiger charge is -2.24. The average molecular weight is 394 g/mol. The maximum atomic E-state index is 11.3. The summed E-state index contributed by atoms with van der Waals surface area (Å²) in [6.45, 7) is 5.17. The normalized spacial score (nSPS) is 16.5. The maximum absolute atomic E-state index is 11.3. The molecular formula is C23H26N2O4. The smallest absolute Gasteiger partial charge is 0.347 e. The molecule has 6 heteroatoms. The van der Waals surface area contributed by atoms with Crippen LogP contribution < -0.4 is 10.1 Å². The summed E-state index contributed by atoms with van der Waals surface area (Å²) in [6, 6.07) is 15.4. The number of carboxylic acid groups (broad SMARTS) is 1. The topological polar surface area (TPSA) is 84.6 Å². The molecule has 29 heavy (non-hydrogen) atoms. The number of benzene rings is 2. The van der Waals surface area contributed by atoms with Gasteiger partial charge in [-0.1, -0.05) is 24.3 Å². The van der Waals surface area contributed by atoms with E-state index in [-0.39, 0.29) is 12.1 Å². The number of hydrogen-bond acceptors (Lipinski definition) is 5. The van der Waals surface area contributed by atoms with Crippen molar-refractivity contribution in [3.63, 3.8) is 0 Å². The Kier molecular flexibility index (Phi) is 5.04. The van der Waals surface area contributed by atoms with E-state index < -0.39 is 11.6 Å². The zero-order valence-corrected chi connectivity index (χ0v) is 16.9. The first-order chi connectivity index (χ1) is 13.8. The number of fused-ring (bicyclic) bond motifs is 1. The molecular weight excluding hydrogens is 368 g/mol. The molecule has 0 radical (unpaired) electrons. The highest BCUT2D eigenvalue weighted by molar-refractivity contribution is 5.76. The Balaban J connectivity index is 1.53. The number of aromatic nitrogens is 1. The Labute approximate surface area is 169 Å². The van der Waals surface area contributed by atoms with Crippen molar-refractivity contribution in [3.8, 4) is 5.75 Å². The van der Waals surface area contributed by atoms with Crippen molar-refractivity contribution in [2.24, 2.45) is 5.92 Å². The minimum atomic E-state index is -1.29. The lowest BCUT2D eigenvalue weighted by atomic mass is 10.0.